The maximum absolute atomic E-state index is 13.6. The summed E-state index contributed by atoms with van der Waals surface area (Å²) in [4.78, 5) is 13.1. The molecule has 6 heteroatoms. The number of hydrogen-bond acceptors (Lipinski definition) is 4. The standard InChI is InChI=1S/C15H22FN3O2/c1-2-3-4-14(18-9-7-17-8-10-18)13-11-12(16)5-6-15(13)19(20)21/h5-6,11,14,17H,2-4,7-10H2,1H3/t14-/m1/s1. The van der Waals surface area contributed by atoms with Gasteiger partial charge in [-0.2, -0.15) is 0 Å². The summed E-state index contributed by atoms with van der Waals surface area (Å²) < 4.78 is 13.6. The number of nitro groups is 1. The lowest BCUT2D eigenvalue weighted by Crippen LogP contribution is -2.45. The van der Waals surface area contributed by atoms with Gasteiger partial charge in [0.15, 0.2) is 0 Å². The molecule has 21 heavy (non-hydrogen) atoms. The molecule has 1 atom stereocenters. The van der Waals surface area contributed by atoms with Gasteiger partial charge in [-0.05, 0) is 18.6 Å². The fourth-order valence-electron chi connectivity index (χ4n) is 2.88. The van der Waals surface area contributed by atoms with Gasteiger partial charge in [-0.1, -0.05) is 19.8 Å². The number of nitro benzene ring substituents is 1. The lowest BCUT2D eigenvalue weighted by molar-refractivity contribution is -0.386. The molecule has 0 unspecified atom stereocenters. The van der Waals surface area contributed by atoms with Crippen molar-refractivity contribution in [2.24, 2.45) is 0 Å². The Kier molecular flexibility index (Phi) is 5.64. The molecule has 5 nitrogen and oxygen atoms in total. The number of benzene rings is 1. The highest BCUT2D eigenvalue weighted by Crippen LogP contribution is 2.33. The second kappa shape index (κ2) is 7.47. The maximum atomic E-state index is 13.6. The molecular formula is C15H22FN3O2. The van der Waals surface area contributed by atoms with Gasteiger partial charge >= 0.3 is 0 Å². The van der Waals surface area contributed by atoms with Crippen LogP contribution in [0.1, 0.15) is 37.8 Å². The molecule has 0 saturated carbocycles. The van der Waals surface area contributed by atoms with Crippen LogP contribution in [0.2, 0.25) is 0 Å². The molecule has 1 aromatic rings. The van der Waals surface area contributed by atoms with Crippen LogP contribution in [-0.4, -0.2) is 36.0 Å². The topological polar surface area (TPSA) is 58.4 Å². The van der Waals surface area contributed by atoms with Crippen LogP contribution < -0.4 is 5.32 Å². The zero-order chi connectivity index (χ0) is 15.2. The quantitative estimate of drug-likeness (QED) is 0.647. The van der Waals surface area contributed by atoms with E-state index in [2.05, 4.69) is 17.1 Å². The summed E-state index contributed by atoms with van der Waals surface area (Å²) in [6.45, 7) is 5.50. The van der Waals surface area contributed by atoms with E-state index in [1.165, 1.54) is 12.1 Å². The second-order valence-corrected chi connectivity index (χ2v) is 5.40. The van der Waals surface area contributed by atoms with Crippen molar-refractivity contribution in [2.45, 2.75) is 32.2 Å². The summed E-state index contributed by atoms with van der Waals surface area (Å²) in [6.07, 6.45) is 2.81. The second-order valence-electron chi connectivity index (χ2n) is 5.40. The normalized spacial score (nSPS) is 17.6. The Balaban J connectivity index is 2.34. The molecule has 1 saturated heterocycles. The van der Waals surface area contributed by atoms with Crippen molar-refractivity contribution in [1.82, 2.24) is 10.2 Å². The zero-order valence-corrected chi connectivity index (χ0v) is 12.3. The van der Waals surface area contributed by atoms with Crippen molar-refractivity contribution < 1.29 is 9.31 Å². The van der Waals surface area contributed by atoms with Crippen LogP contribution in [-0.2, 0) is 0 Å². The van der Waals surface area contributed by atoms with E-state index in [1.54, 1.807) is 0 Å². The van der Waals surface area contributed by atoms with Crippen LogP contribution in [0.5, 0.6) is 0 Å². The Morgan fingerprint density at radius 3 is 2.76 bits per heavy atom. The Hall–Kier alpha value is -1.53. The molecule has 1 N–H and O–H groups in total. The van der Waals surface area contributed by atoms with E-state index in [9.17, 15) is 14.5 Å². The molecule has 0 aliphatic carbocycles. The lowest BCUT2D eigenvalue weighted by Gasteiger charge is -2.35. The third kappa shape index (κ3) is 3.98. The smallest absolute Gasteiger partial charge is 0.274 e. The van der Waals surface area contributed by atoms with E-state index < -0.39 is 10.7 Å². The molecule has 2 rings (SSSR count). The first-order valence-electron chi connectivity index (χ1n) is 7.52. The van der Waals surface area contributed by atoms with Crippen LogP contribution in [0.4, 0.5) is 10.1 Å². The van der Waals surface area contributed by atoms with E-state index in [1.807, 2.05) is 0 Å². The number of hydrogen-bond donors (Lipinski definition) is 1. The molecule has 0 bridgehead atoms. The van der Waals surface area contributed by atoms with Crippen LogP contribution in [0, 0.1) is 15.9 Å². The molecule has 1 aromatic carbocycles. The largest absolute Gasteiger partial charge is 0.314 e. The van der Waals surface area contributed by atoms with Crippen molar-refractivity contribution in [3.63, 3.8) is 0 Å². The third-order valence-corrected chi connectivity index (χ3v) is 3.97. The minimum Gasteiger partial charge on any atom is -0.314 e. The fourth-order valence-corrected chi connectivity index (χ4v) is 2.88. The van der Waals surface area contributed by atoms with Gasteiger partial charge in [-0.15, -0.1) is 0 Å². The molecule has 1 heterocycles. The number of rotatable bonds is 6. The summed E-state index contributed by atoms with van der Waals surface area (Å²) in [5.41, 5.74) is 0.534. The van der Waals surface area contributed by atoms with E-state index in [0.717, 1.165) is 51.5 Å². The van der Waals surface area contributed by atoms with Crippen molar-refractivity contribution in [3.05, 3.63) is 39.7 Å². The van der Waals surface area contributed by atoms with Crippen molar-refractivity contribution in [1.29, 1.82) is 0 Å². The molecule has 0 spiro atoms. The first-order valence-corrected chi connectivity index (χ1v) is 7.52. The predicted molar refractivity (Wildman–Crippen MR) is 79.8 cm³/mol. The first kappa shape index (κ1) is 15.9. The van der Waals surface area contributed by atoms with Gasteiger partial charge in [0.25, 0.3) is 5.69 Å². The predicted octanol–water partition coefficient (Wildman–Crippen LogP) is 2.87. The molecule has 1 aliphatic heterocycles. The Bertz CT molecular complexity index is 490. The zero-order valence-electron chi connectivity index (χ0n) is 12.3. The van der Waals surface area contributed by atoms with Gasteiger partial charge in [0.2, 0.25) is 0 Å². The van der Waals surface area contributed by atoms with E-state index in [0.29, 0.717) is 5.56 Å². The summed E-state index contributed by atoms with van der Waals surface area (Å²) in [7, 11) is 0. The van der Waals surface area contributed by atoms with E-state index >= 15 is 0 Å². The molecule has 1 fully saturated rings. The number of nitrogens with zero attached hydrogens (tertiary/aromatic N) is 2. The average molecular weight is 295 g/mol. The maximum Gasteiger partial charge on any atom is 0.274 e. The van der Waals surface area contributed by atoms with Crippen LogP contribution >= 0.6 is 0 Å². The van der Waals surface area contributed by atoms with Gasteiger partial charge in [-0.25, -0.2) is 4.39 Å². The molecular weight excluding hydrogens is 273 g/mol. The van der Waals surface area contributed by atoms with Crippen LogP contribution in [0.25, 0.3) is 0 Å². The highest BCUT2D eigenvalue weighted by molar-refractivity contribution is 5.42. The SMILES string of the molecule is CCCC[C@H](c1cc(F)ccc1[N+](=O)[O-])N1CCNCC1. The van der Waals surface area contributed by atoms with Gasteiger partial charge in [0.05, 0.1) is 4.92 Å². The molecule has 116 valence electrons. The van der Waals surface area contributed by atoms with Gasteiger partial charge in [0.1, 0.15) is 5.82 Å². The average Bonchev–Trinajstić information content (AvgIpc) is 2.48. The number of halogens is 1. The Morgan fingerprint density at radius 1 is 1.43 bits per heavy atom. The third-order valence-electron chi connectivity index (χ3n) is 3.97. The summed E-state index contributed by atoms with van der Waals surface area (Å²) >= 11 is 0. The number of nitrogens with one attached hydrogen (secondary N) is 1. The highest BCUT2D eigenvalue weighted by Gasteiger charge is 2.28. The van der Waals surface area contributed by atoms with Crippen molar-refractivity contribution >= 4 is 5.69 Å². The van der Waals surface area contributed by atoms with E-state index in [4.69, 9.17) is 0 Å². The van der Waals surface area contributed by atoms with Gasteiger partial charge in [0, 0.05) is 43.9 Å². The summed E-state index contributed by atoms with van der Waals surface area (Å²) in [5.74, 6) is -0.410. The fraction of sp³-hybridized carbons (Fsp3) is 0.600. The van der Waals surface area contributed by atoms with E-state index in [-0.39, 0.29) is 11.7 Å². The minimum absolute atomic E-state index is 0.0241. The van der Waals surface area contributed by atoms with Crippen LogP contribution in [0.15, 0.2) is 18.2 Å². The monoisotopic (exact) mass is 295 g/mol. The van der Waals surface area contributed by atoms with Crippen molar-refractivity contribution in [2.75, 3.05) is 26.2 Å². The van der Waals surface area contributed by atoms with Crippen molar-refractivity contribution in [3.8, 4) is 0 Å². The van der Waals surface area contributed by atoms with Crippen LogP contribution in [0.3, 0.4) is 0 Å². The number of piperazine rings is 1. The molecule has 1 aliphatic rings. The summed E-state index contributed by atoms with van der Waals surface area (Å²) in [6, 6.07) is 3.70. The minimum atomic E-state index is -0.410. The van der Waals surface area contributed by atoms with Gasteiger partial charge in [-0.3, -0.25) is 15.0 Å². The Morgan fingerprint density at radius 2 is 2.14 bits per heavy atom. The number of unbranched alkanes of at least 4 members (excludes halogenated alkanes) is 1. The highest BCUT2D eigenvalue weighted by atomic mass is 19.1. The lowest BCUT2D eigenvalue weighted by atomic mass is 9.97. The summed E-state index contributed by atoms with van der Waals surface area (Å²) in [5, 5.41) is 14.5. The molecule has 0 radical (unpaired) electrons. The molecule has 0 aromatic heterocycles. The first-order chi connectivity index (χ1) is 10.1. The molecule has 0 amide bonds. The van der Waals surface area contributed by atoms with Gasteiger partial charge < -0.3 is 5.32 Å². The Labute approximate surface area is 124 Å².